The normalized spacial score (nSPS) is 26.7. The van der Waals surface area contributed by atoms with E-state index in [4.69, 9.17) is 21.7 Å². The molecule has 1 aromatic carbocycles. The van der Waals surface area contributed by atoms with Gasteiger partial charge in [0.25, 0.3) is 0 Å². The van der Waals surface area contributed by atoms with Gasteiger partial charge in [0.05, 0.1) is 14.2 Å². The van der Waals surface area contributed by atoms with Gasteiger partial charge in [-0.2, -0.15) is 0 Å². The van der Waals surface area contributed by atoms with Gasteiger partial charge in [0.2, 0.25) is 0 Å². The average Bonchev–Trinajstić information content (AvgIpc) is 3.17. The molecule has 4 atom stereocenters. The van der Waals surface area contributed by atoms with Crippen molar-refractivity contribution >= 4 is 23.0 Å². The molecule has 2 N–H and O–H groups in total. The van der Waals surface area contributed by atoms with Gasteiger partial charge < -0.3 is 20.1 Å². The van der Waals surface area contributed by atoms with Crippen molar-refractivity contribution in [3.63, 3.8) is 0 Å². The highest BCUT2D eigenvalue weighted by atomic mass is 32.1. The highest BCUT2D eigenvalue weighted by Crippen LogP contribution is 2.49. The summed E-state index contributed by atoms with van der Waals surface area (Å²) in [6, 6.07) is 6.14. The van der Waals surface area contributed by atoms with Crippen molar-refractivity contribution in [3.8, 4) is 11.5 Å². The van der Waals surface area contributed by atoms with E-state index in [1.807, 2.05) is 18.2 Å². The number of fused-ring (bicyclic) bond motifs is 2. The van der Waals surface area contributed by atoms with E-state index in [9.17, 15) is 0 Å². The van der Waals surface area contributed by atoms with Crippen molar-refractivity contribution in [2.45, 2.75) is 38.6 Å². The molecule has 4 nitrogen and oxygen atoms in total. The molecular weight excluding hydrogens is 308 g/mol. The fraction of sp³-hybridized carbons (Fsp3) is 0.611. The predicted octanol–water partition coefficient (Wildman–Crippen LogP) is 3.81. The third kappa shape index (κ3) is 3.55. The summed E-state index contributed by atoms with van der Waals surface area (Å²) >= 11 is 5.48. The first-order chi connectivity index (χ1) is 11.1. The van der Waals surface area contributed by atoms with E-state index >= 15 is 0 Å². The molecule has 3 rings (SSSR count). The molecule has 2 fully saturated rings. The van der Waals surface area contributed by atoms with Crippen LogP contribution in [0.2, 0.25) is 0 Å². The van der Waals surface area contributed by atoms with E-state index < -0.39 is 0 Å². The molecular formula is C18H26N2O2S. The first-order valence-corrected chi connectivity index (χ1v) is 8.81. The summed E-state index contributed by atoms with van der Waals surface area (Å²) in [6.45, 7) is 2.26. The van der Waals surface area contributed by atoms with E-state index in [2.05, 4.69) is 17.6 Å². The zero-order valence-electron chi connectivity index (χ0n) is 14.1. The van der Waals surface area contributed by atoms with Crippen LogP contribution >= 0.6 is 12.2 Å². The molecule has 0 aromatic heterocycles. The lowest BCUT2D eigenvalue weighted by Gasteiger charge is -2.29. The molecule has 0 aliphatic heterocycles. The lowest BCUT2D eigenvalue weighted by molar-refractivity contribution is 0.279. The maximum Gasteiger partial charge on any atom is 0.170 e. The number of methoxy groups -OCH3 is 2. The van der Waals surface area contributed by atoms with Gasteiger partial charge in [-0.25, -0.2) is 0 Å². The first-order valence-electron chi connectivity index (χ1n) is 8.40. The van der Waals surface area contributed by atoms with Crippen molar-refractivity contribution in [1.29, 1.82) is 0 Å². The molecule has 126 valence electrons. The fourth-order valence-corrected chi connectivity index (χ4v) is 4.61. The molecule has 0 saturated heterocycles. The summed E-state index contributed by atoms with van der Waals surface area (Å²) in [4.78, 5) is 0. The number of anilines is 1. The molecule has 4 unspecified atom stereocenters. The standard InChI is InChI=1S/C18H26N2O2S/c1-11(15-9-12-4-5-13(15)8-12)19-18(23)20-14-6-7-16(21-2)17(10-14)22-3/h6-7,10-13,15H,4-5,8-9H2,1-3H3,(H2,19,20,23). The van der Waals surface area contributed by atoms with Crippen molar-refractivity contribution < 1.29 is 9.47 Å². The minimum Gasteiger partial charge on any atom is -0.493 e. The Morgan fingerprint density at radius 2 is 1.96 bits per heavy atom. The second kappa shape index (κ2) is 6.95. The molecule has 23 heavy (non-hydrogen) atoms. The Kier molecular flexibility index (Phi) is 4.95. The van der Waals surface area contributed by atoms with Crippen LogP contribution in [0.3, 0.4) is 0 Å². The third-order valence-electron chi connectivity index (χ3n) is 5.44. The highest BCUT2D eigenvalue weighted by Gasteiger charge is 2.41. The molecule has 0 spiro atoms. The predicted molar refractivity (Wildman–Crippen MR) is 97.3 cm³/mol. The summed E-state index contributed by atoms with van der Waals surface area (Å²) in [7, 11) is 3.27. The van der Waals surface area contributed by atoms with Gasteiger partial charge in [0.15, 0.2) is 16.6 Å². The van der Waals surface area contributed by atoms with Crippen LogP contribution in [0.4, 0.5) is 5.69 Å². The highest BCUT2D eigenvalue weighted by molar-refractivity contribution is 7.80. The lowest BCUT2D eigenvalue weighted by Crippen LogP contribution is -2.42. The monoisotopic (exact) mass is 334 g/mol. The second-order valence-electron chi connectivity index (χ2n) is 6.80. The van der Waals surface area contributed by atoms with E-state index in [1.54, 1.807) is 14.2 Å². The minimum absolute atomic E-state index is 0.422. The molecule has 0 amide bonds. The number of hydrogen-bond acceptors (Lipinski definition) is 3. The zero-order valence-corrected chi connectivity index (χ0v) is 14.9. The first kappa shape index (κ1) is 16.4. The van der Waals surface area contributed by atoms with Gasteiger partial charge in [-0.1, -0.05) is 6.42 Å². The molecule has 5 heteroatoms. The van der Waals surface area contributed by atoms with Crippen molar-refractivity contribution in [2.75, 3.05) is 19.5 Å². The SMILES string of the molecule is COc1ccc(NC(=S)NC(C)C2CC3CCC2C3)cc1OC. The summed E-state index contributed by atoms with van der Waals surface area (Å²) in [5.41, 5.74) is 0.903. The third-order valence-corrected chi connectivity index (χ3v) is 5.66. The molecule has 0 heterocycles. The quantitative estimate of drug-likeness (QED) is 0.802. The Bertz CT molecular complexity index is 578. The summed E-state index contributed by atoms with van der Waals surface area (Å²) in [5.74, 6) is 4.03. The topological polar surface area (TPSA) is 42.5 Å². The number of nitrogens with one attached hydrogen (secondary N) is 2. The second-order valence-corrected chi connectivity index (χ2v) is 7.20. The fourth-order valence-electron chi connectivity index (χ4n) is 4.30. The number of thiocarbonyl (C=S) groups is 1. The maximum atomic E-state index is 5.48. The average molecular weight is 334 g/mol. The Labute approximate surface area is 143 Å². The van der Waals surface area contributed by atoms with Gasteiger partial charge in [-0.3, -0.25) is 0 Å². The van der Waals surface area contributed by atoms with E-state index in [0.29, 0.717) is 22.7 Å². The Morgan fingerprint density at radius 3 is 2.57 bits per heavy atom. The Balaban J connectivity index is 1.57. The van der Waals surface area contributed by atoms with Crippen LogP contribution in [0.5, 0.6) is 11.5 Å². The van der Waals surface area contributed by atoms with Gasteiger partial charge in [-0.15, -0.1) is 0 Å². The number of rotatable bonds is 5. The lowest BCUT2D eigenvalue weighted by atomic mass is 9.84. The molecule has 1 aromatic rings. The van der Waals surface area contributed by atoms with Crippen molar-refractivity contribution in [2.24, 2.45) is 17.8 Å². The van der Waals surface area contributed by atoms with Crippen LogP contribution in [0.1, 0.15) is 32.6 Å². The molecule has 2 aliphatic carbocycles. The number of ether oxygens (including phenoxy) is 2. The zero-order chi connectivity index (χ0) is 16.4. The van der Waals surface area contributed by atoms with Crippen LogP contribution < -0.4 is 20.1 Å². The largest absolute Gasteiger partial charge is 0.493 e. The van der Waals surface area contributed by atoms with E-state index in [1.165, 1.54) is 25.7 Å². The van der Waals surface area contributed by atoms with E-state index in [0.717, 1.165) is 23.4 Å². The molecule has 2 saturated carbocycles. The Morgan fingerprint density at radius 1 is 1.17 bits per heavy atom. The van der Waals surface area contributed by atoms with Gasteiger partial charge >= 0.3 is 0 Å². The van der Waals surface area contributed by atoms with Crippen LogP contribution in [0.15, 0.2) is 18.2 Å². The Hall–Kier alpha value is -1.49. The van der Waals surface area contributed by atoms with Crippen LogP contribution in [-0.4, -0.2) is 25.4 Å². The van der Waals surface area contributed by atoms with Gasteiger partial charge in [0, 0.05) is 17.8 Å². The number of benzene rings is 1. The van der Waals surface area contributed by atoms with Gasteiger partial charge in [-0.05, 0) is 68.3 Å². The number of hydrogen-bond donors (Lipinski definition) is 2. The minimum atomic E-state index is 0.422. The van der Waals surface area contributed by atoms with E-state index in [-0.39, 0.29) is 0 Å². The van der Waals surface area contributed by atoms with Crippen molar-refractivity contribution in [1.82, 2.24) is 5.32 Å². The summed E-state index contributed by atoms with van der Waals surface area (Å²) in [5, 5.41) is 7.39. The van der Waals surface area contributed by atoms with Crippen LogP contribution in [0, 0.1) is 17.8 Å². The van der Waals surface area contributed by atoms with Crippen molar-refractivity contribution in [3.05, 3.63) is 18.2 Å². The van der Waals surface area contributed by atoms with Crippen LogP contribution in [0.25, 0.3) is 0 Å². The maximum absolute atomic E-state index is 5.48. The molecule has 2 aliphatic rings. The van der Waals surface area contributed by atoms with Crippen LogP contribution in [-0.2, 0) is 0 Å². The van der Waals surface area contributed by atoms with Gasteiger partial charge in [0.1, 0.15) is 0 Å². The summed E-state index contributed by atoms with van der Waals surface area (Å²) < 4.78 is 10.6. The molecule has 2 bridgehead atoms. The molecule has 0 radical (unpaired) electrons. The summed E-state index contributed by atoms with van der Waals surface area (Å²) in [6.07, 6.45) is 5.61. The smallest absolute Gasteiger partial charge is 0.170 e.